The number of aromatic nitrogens is 2. The summed E-state index contributed by atoms with van der Waals surface area (Å²) in [6, 6.07) is 0. The van der Waals surface area contributed by atoms with Crippen molar-refractivity contribution >= 4 is 5.82 Å². The van der Waals surface area contributed by atoms with Crippen molar-refractivity contribution in [2.24, 2.45) is 7.05 Å². The van der Waals surface area contributed by atoms with E-state index in [-0.39, 0.29) is 0 Å². The van der Waals surface area contributed by atoms with Gasteiger partial charge >= 0.3 is 0 Å². The first kappa shape index (κ1) is 13.0. The summed E-state index contributed by atoms with van der Waals surface area (Å²) in [5, 5.41) is 4.30. The SMILES string of the molecule is COCCCN(C)Cc1c(C)nn(C)c1N. The Morgan fingerprint density at radius 2 is 2.19 bits per heavy atom. The van der Waals surface area contributed by atoms with Crippen LogP contribution in [-0.2, 0) is 18.3 Å². The topological polar surface area (TPSA) is 56.3 Å². The van der Waals surface area contributed by atoms with Crippen LogP contribution in [0.15, 0.2) is 0 Å². The summed E-state index contributed by atoms with van der Waals surface area (Å²) in [5.41, 5.74) is 8.10. The van der Waals surface area contributed by atoms with Crippen molar-refractivity contribution in [2.45, 2.75) is 19.9 Å². The maximum absolute atomic E-state index is 5.96. The van der Waals surface area contributed by atoms with Crippen LogP contribution in [0, 0.1) is 6.92 Å². The van der Waals surface area contributed by atoms with Gasteiger partial charge in [0, 0.05) is 39.4 Å². The Hall–Kier alpha value is -1.07. The lowest BCUT2D eigenvalue weighted by Crippen LogP contribution is -2.21. The molecular weight excluding hydrogens is 204 g/mol. The van der Waals surface area contributed by atoms with Gasteiger partial charge in [0.1, 0.15) is 5.82 Å². The molecule has 0 aromatic carbocycles. The van der Waals surface area contributed by atoms with Gasteiger partial charge in [-0.3, -0.25) is 4.68 Å². The highest BCUT2D eigenvalue weighted by Crippen LogP contribution is 2.16. The number of hydrogen-bond acceptors (Lipinski definition) is 4. The maximum atomic E-state index is 5.96. The summed E-state index contributed by atoms with van der Waals surface area (Å²) < 4.78 is 6.76. The Kier molecular flexibility index (Phi) is 4.76. The standard InChI is InChI=1S/C11H22N4O/c1-9-10(11(12)15(3)13-9)8-14(2)6-5-7-16-4/h5-8,12H2,1-4H3. The van der Waals surface area contributed by atoms with Crippen LogP contribution in [0.1, 0.15) is 17.7 Å². The van der Waals surface area contributed by atoms with Crippen LogP contribution in [0.4, 0.5) is 5.82 Å². The lowest BCUT2D eigenvalue weighted by atomic mass is 10.2. The molecule has 0 aliphatic carbocycles. The quantitative estimate of drug-likeness (QED) is 0.728. The molecule has 16 heavy (non-hydrogen) atoms. The molecule has 1 aromatic rings. The second-order valence-electron chi connectivity index (χ2n) is 4.16. The summed E-state index contributed by atoms with van der Waals surface area (Å²) in [6.07, 6.45) is 1.03. The van der Waals surface area contributed by atoms with Crippen molar-refractivity contribution in [3.63, 3.8) is 0 Å². The Bertz CT molecular complexity index is 335. The highest BCUT2D eigenvalue weighted by atomic mass is 16.5. The molecule has 1 heterocycles. The van der Waals surface area contributed by atoms with Gasteiger partial charge in [-0.05, 0) is 20.4 Å². The van der Waals surface area contributed by atoms with E-state index in [9.17, 15) is 0 Å². The van der Waals surface area contributed by atoms with E-state index in [1.165, 1.54) is 0 Å². The van der Waals surface area contributed by atoms with Gasteiger partial charge in [0.15, 0.2) is 0 Å². The lowest BCUT2D eigenvalue weighted by molar-refractivity contribution is 0.178. The first-order valence-corrected chi connectivity index (χ1v) is 5.51. The van der Waals surface area contributed by atoms with Gasteiger partial charge in [0.2, 0.25) is 0 Å². The average Bonchev–Trinajstić information content (AvgIpc) is 2.46. The van der Waals surface area contributed by atoms with E-state index in [4.69, 9.17) is 10.5 Å². The third-order valence-corrected chi connectivity index (χ3v) is 2.71. The Balaban J connectivity index is 2.52. The molecule has 92 valence electrons. The molecule has 0 aliphatic heterocycles. The summed E-state index contributed by atoms with van der Waals surface area (Å²) in [7, 11) is 5.68. The normalized spacial score (nSPS) is 11.3. The summed E-state index contributed by atoms with van der Waals surface area (Å²) in [4.78, 5) is 2.24. The number of nitrogens with two attached hydrogens (primary N) is 1. The molecule has 0 amide bonds. The molecule has 0 atom stereocenters. The zero-order chi connectivity index (χ0) is 12.1. The van der Waals surface area contributed by atoms with E-state index in [0.717, 1.165) is 43.2 Å². The van der Waals surface area contributed by atoms with E-state index in [2.05, 4.69) is 17.0 Å². The zero-order valence-corrected chi connectivity index (χ0v) is 10.7. The molecule has 5 heteroatoms. The van der Waals surface area contributed by atoms with E-state index in [1.807, 2.05) is 14.0 Å². The Morgan fingerprint density at radius 3 is 2.69 bits per heavy atom. The van der Waals surface area contributed by atoms with Gasteiger partial charge in [-0.25, -0.2) is 0 Å². The highest BCUT2D eigenvalue weighted by molar-refractivity contribution is 5.42. The first-order chi connectivity index (χ1) is 7.56. The summed E-state index contributed by atoms with van der Waals surface area (Å²) >= 11 is 0. The average molecular weight is 226 g/mol. The van der Waals surface area contributed by atoms with Crippen LogP contribution in [0.25, 0.3) is 0 Å². The molecule has 0 bridgehead atoms. The number of hydrogen-bond donors (Lipinski definition) is 1. The second-order valence-corrected chi connectivity index (χ2v) is 4.16. The van der Waals surface area contributed by atoms with Crippen molar-refractivity contribution < 1.29 is 4.74 Å². The smallest absolute Gasteiger partial charge is 0.126 e. The molecule has 0 saturated carbocycles. The predicted octanol–water partition coefficient (Wildman–Crippen LogP) is 0.779. The van der Waals surface area contributed by atoms with Crippen molar-refractivity contribution in [2.75, 3.05) is 33.0 Å². The fourth-order valence-corrected chi connectivity index (χ4v) is 1.74. The van der Waals surface area contributed by atoms with E-state index in [1.54, 1.807) is 11.8 Å². The predicted molar refractivity (Wildman–Crippen MR) is 65.2 cm³/mol. The second kappa shape index (κ2) is 5.86. The van der Waals surface area contributed by atoms with Gasteiger partial charge < -0.3 is 15.4 Å². The molecule has 1 rings (SSSR count). The molecule has 0 radical (unpaired) electrons. The third-order valence-electron chi connectivity index (χ3n) is 2.71. The molecule has 0 fully saturated rings. The van der Waals surface area contributed by atoms with Crippen LogP contribution in [0.2, 0.25) is 0 Å². The number of ether oxygens (including phenoxy) is 1. The van der Waals surface area contributed by atoms with Crippen LogP contribution < -0.4 is 5.73 Å². The largest absolute Gasteiger partial charge is 0.385 e. The molecule has 1 aromatic heterocycles. The minimum absolute atomic E-state index is 0.760. The van der Waals surface area contributed by atoms with Crippen molar-refractivity contribution in [1.29, 1.82) is 0 Å². The minimum atomic E-state index is 0.760. The first-order valence-electron chi connectivity index (χ1n) is 5.51. The van der Waals surface area contributed by atoms with Gasteiger partial charge in [-0.2, -0.15) is 5.10 Å². The fourth-order valence-electron chi connectivity index (χ4n) is 1.74. The fraction of sp³-hybridized carbons (Fsp3) is 0.727. The highest BCUT2D eigenvalue weighted by Gasteiger charge is 2.11. The zero-order valence-electron chi connectivity index (χ0n) is 10.7. The monoisotopic (exact) mass is 226 g/mol. The van der Waals surface area contributed by atoms with E-state index in [0.29, 0.717) is 0 Å². The van der Waals surface area contributed by atoms with Gasteiger partial charge in [0.05, 0.1) is 5.69 Å². The molecule has 5 nitrogen and oxygen atoms in total. The number of methoxy groups -OCH3 is 1. The molecule has 0 saturated heterocycles. The van der Waals surface area contributed by atoms with Gasteiger partial charge in [-0.1, -0.05) is 0 Å². The van der Waals surface area contributed by atoms with Crippen molar-refractivity contribution in [1.82, 2.24) is 14.7 Å². The maximum Gasteiger partial charge on any atom is 0.126 e. The Labute approximate surface area is 97.2 Å². The minimum Gasteiger partial charge on any atom is -0.385 e. The van der Waals surface area contributed by atoms with Gasteiger partial charge in [-0.15, -0.1) is 0 Å². The van der Waals surface area contributed by atoms with Crippen LogP contribution in [0.3, 0.4) is 0 Å². The van der Waals surface area contributed by atoms with Crippen molar-refractivity contribution in [3.8, 4) is 0 Å². The molecular formula is C11H22N4O. The molecule has 2 N–H and O–H groups in total. The number of nitrogens with zero attached hydrogens (tertiary/aromatic N) is 3. The third kappa shape index (κ3) is 3.21. The van der Waals surface area contributed by atoms with Crippen LogP contribution in [0.5, 0.6) is 0 Å². The number of anilines is 1. The number of aryl methyl sites for hydroxylation is 2. The van der Waals surface area contributed by atoms with Gasteiger partial charge in [0.25, 0.3) is 0 Å². The Morgan fingerprint density at radius 1 is 1.50 bits per heavy atom. The lowest BCUT2D eigenvalue weighted by Gasteiger charge is -2.16. The van der Waals surface area contributed by atoms with E-state index >= 15 is 0 Å². The van der Waals surface area contributed by atoms with Crippen LogP contribution >= 0.6 is 0 Å². The molecule has 0 aliphatic rings. The summed E-state index contributed by atoms with van der Waals surface area (Å²) in [5.74, 6) is 0.760. The number of rotatable bonds is 6. The van der Waals surface area contributed by atoms with E-state index < -0.39 is 0 Å². The molecule has 0 unspecified atom stereocenters. The van der Waals surface area contributed by atoms with Crippen LogP contribution in [-0.4, -0.2) is 42.0 Å². The molecule has 0 spiro atoms. The summed E-state index contributed by atoms with van der Waals surface area (Å²) in [6.45, 7) is 4.64. The number of nitrogen functional groups attached to an aromatic ring is 1. The van der Waals surface area contributed by atoms with Crippen molar-refractivity contribution in [3.05, 3.63) is 11.3 Å².